The van der Waals surface area contributed by atoms with Crippen LogP contribution in [0.15, 0.2) is 24.3 Å². The normalized spacial score (nSPS) is 12.9. The summed E-state index contributed by atoms with van der Waals surface area (Å²) in [6.45, 7) is 3.95. The molecule has 1 unspecified atom stereocenters. The number of hydrogen-bond acceptors (Lipinski definition) is 3. The number of sulfonamides is 1. The van der Waals surface area contributed by atoms with E-state index in [1.807, 2.05) is 31.2 Å². The number of benzene rings is 1. The fraction of sp³-hybridized carbons (Fsp3) is 0.462. The van der Waals surface area contributed by atoms with Crippen LogP contribution in [0.4, 0.5) is 0 Å². The van der Waals surface area contributed by atoms with E-state index in [9.17, 15) is 8.42 Å². The second-order valence-electron chi connectivity index (χ2n) is 4.01. The summed E-state index contributed by atoms with van der Waals surface area (Å²) >= 11 is 0. The number of nitrogens with one attached hydrogen (secondary N) is 1. The molecule has 1 N–H and O–H groups in total. The van der Waals surface area contributed by atoms with E-state index < -0.39 is 15.3 Å². The molecule has 1 aromatic rings. The van der Waals surface area contributed by atoms with Crippen LogP contribution in [0, 0.1) is 11.3 Å². The minimum absolute atomic E-state index is 0.241. The Hall–Kier alpha value is -1.38. The summed E-state index contributed by atoms with van der Waals surface area (Å²) in [5, 5.41) is 7.81. The Labute approximate surface area is 109 Å². The first-order chi connectivity index (χ1) is 8.55. The van der Waals surface area contributed by atoms with Gasteiger partial charge in [0.2, 0.25) is 10.0 Å². The third-order valence-corrected chi connectivity index (χ3v) is 4.59. The van der Waals surface area contributed by atoms with E-state index in [1.54, 1.807) is 13.0 Å². The lowest BCUT2D eigenvalue weighted by Gasteiger charge is -2.12. The van der Waals surface area contributed by atoms with Gasteiger partial charge in [0.15, 0.2) is 5.25 Å². The van der Waals surface area contributed by atoms with Crippen LogP contribution >= 0.6 is 0 Å². The van der Waals surface area contributed by atoms with E-state index >= 15 is 0 Å². The smallest absolute Gasteiger partial charge is 0.211 e. The molecule has 1 atom stereocenters. The molecule has 0 radical (unpaired) electrons. The molecule has 0 saturated heterocycles. The molecule has 98 valence electrons. The highest BCUT2D eigenvalue weighted by Crippen LogP contribution is 2.11. The first-order valence-corrected chi connectivity index (χ1v) is 7.54. The number of aryl methyl sites for hydroxylation is 1. The van der Waals surface area contributed by atoms with E-state index in [-0.39, 0.29) is 6.54 Å². The van der Waals surface area contributed by atoms with Crippen molar-refractivity contribution in [1.82, 2.24) is 4.72 Å². The van der Waals surface area contributed by atoms with E-state index in [0.29, 0.717) is 6.42 Å². The lowest BCUT2D eigenvalue weighted by Crippen LogP contribution is -2.32. The monoisotopic (exact) mass is 266 g/mol. The van der Waals surface area contributed by atoms with Gasteiger partial charge in [0.25, 0.3) is 0 Å². The summed E-state index contributed by atoms with van der Waals surface area (Å²) in [4.78, 5) is 0. The van der Waals surface area contributed by atoms with Crippen LogP contribution in [-0.2, 0) is 23.0 Å². The maximum absolute atomic E-state index is 11.8. The minimum Gasteiger partial charge on any atom is -0.211 e. The van der Waals surface area contributed by atoms with Crippen molar-refractivity contribution in [2.75, 3.05) is 0 Å². The summed E-state index contributed by atoms with van der Waals surface area (Å²) in [5.74, 6) is 0. The Kier molecular flexibility index (Phi) is 5.32. The van der Waals surface area contributed by atoms with Gasteiger partial charge in [0, 0.05) is 6.54 Å². The summed E-state index contributed by atoms with van der Waals surface area (Å²) < 4.78 is 26.2. The third kappa shape index (κ3) is 3.56. The molecule has 1 aromatic carbocycles. The molecule has 18 heavy (non-hydrogen) atoms. The van der Waals surface area contributed by atoms with Crippen molar-refractivity contribution in [3.8, 4) is 6.07 Å². The largest absolute Gasteiger partial charge is 0.228 e. The molecule has 5 heteroatoms. The molecule has 0 saturated carbocycles. The van der Waals surface area contributed by atoms with Gasteiger partial charge < -0.3 is 0 Å². The van der Waals surface area contributed by atoms with Gasteiger partial charge >= 0.3 is 0 Å². The molecule has 1 rings (SSSR count). The van der Waals surface area contributed by atoms with E-state index in [0.717, 1.165) is 17.5 Å². The zero-order chi connectivity index (χ0) is 13.6. The molecule has 4 nitrogen and oxygen atoms in total. The highest BCUT2D eigenvalue weighted by Gasteiger charge is 2.22. The van der Waals surface area contributed by atoms with Crippen LogP contribution in [0.2, 0.25) is 0 Å². The van der Waals surface area contributed by atoms with Gasteiger partial charge in [0.05, 0.1) is 6.07 Å². The van der Waals surface area contributed by atoms with Crippen LogP contribution in [0.1, 0.15) is 31.4 Å². The third-order valence-electron chi connectivity index (χ3n) is 2.85. The Bertz CT molecular complexity index is 532. The molecule has 0 aliphatic rings. The van der Waals surface area contributed by atoms with Crippen molar-refractivity contribution in [1.29, 1.82) is 5.26 Å². The molecular weight excluding hydrogens is 248 g/mol. The van der Waals surface area contributed by atoms with Crippen molar-refractivity contribution in [3.63, 3.8) is 0 Å². The predicted molar refractivity (Wildman–Crippen MR) is 71.3 cm³/mol. The zero-order valence-corrected chi connectivity index (χ0v) is 11.5. The summed E-state index contributed by atoms with van der Waals surface area (Å²) in [6.07, 6.45) is 1.15. The van der Waals surface area contributed by atoms with Crippen molar-refractivity contribution < 1.29 is 8.42 Å². The van der Waals surface area contributed by atoms with E-state index in [4.69, 9.17) is 5.26 Å². The van der Waals surface area contributed by atoms with Crippen molar-refractivity contribution in [2.24, 2.45) is 0 Å². The van der Waals surface area contributed by atoms with Gasteiger partial charge in [-0.25, -0.2) is 13.1 Å². The van der Waals surface area contributed by atoms with Crippen LogP contribution in [0.5, 0.6) is 0 Å². The topological polar surface area (TPSA) is 70.0 Å². The summed E-state index contributed by atoms with van der Waals surface area (Å²) in [6, 6.07) is 9.49. The lowest BCUT2D eigenvalue weighted by molar-refractivity contribution is 0.572. The second-order valence-corrected chi connectivity index (χ2v) is 5.96. The molecule has 0 bridgehead atoms. The summed E-state index contributed by atoms with van der Waals surface area (Å²) in [5.41, 5.74) is 2.07. The SMILES string of the molecule is CCc1ccccc1CNS(=O)(=O)C(C#N)CC. The first-order valence-electron chi connectivity index (χ1n) is 6.00. The number of hydrogen-bond donors (Lipinski definition) is 1. The zero-order valence-electron chi connectivity index (χ0n) is 10.7. The van der Waals surface area contributed by atoms with Crippen LogP contribution in [0.3, 0.4) is 0 Å². The molecule has 0 amide bonds. The van der Waals surface area contributed by atoms with E-state index in [1.165, 1.54) is 0 Å². The van der Waals surface area contributed by atoms with Crippen molar-refractivity contribution in [3.05, 3.63) is 35.4 Å². The van der Waals surface area contributed by atoms with Crippen LogP contribution in [0.25, 0.3) is 0 Å². The van der Waals surface area contributed by atoms with Crippen molar-refractivity contribution in [2.45, 2.75) is 38.5 Å². The quantitative estimate of drug-likeness (QED) is 0.855. The molecule has 0 fully saturated rings. The Morgan fingerprint density at radius 1 is 1.28 bits per heavy atom. The minimum atomic E-state index is -3.56. The fourth-order valence-corrected chi connectivity index (χ4v) is 2.87. The van der Waals surface area contributed by atoms with Crippen molar-refractivity contribution >= 4 is 10.0 Å². The predicted octanol–water partition coefficient (Wildman–Crippen LogP) is 1.97. The number of nitriles is 1. The molecule has 0 aliphatic carbocycles. The second kappa shape index (κ2) is 6.53. The maximum atomic E-state index is 11.8. The van der Waals surface area contributed by atoms with E-state index in [2.05, 4.69) is 4.72 Å². The first kappa shape index (κ1) is 14.7. The van der Waals surface area contributed by atoms with Gasteiger partial charge in [-0.15, -0.1) is 0 Å². The number of rotatable bonds is 6. The summed E-state index contributed by atoms with van der Waals surface area (Å²) in [7, 11) is -3.56. The molecule has 0 heterocycles. The molecule has 0 aliphatic heterocycles. The van der Waals surface area contributed by atoms with Gasteiger partial charge in [-0.1, -0.05) is 38.1 Å². The highest BCUT2D eigenvalue weighted by atomic mass is 32.2. The Balaban J connectivity index is 2.80. The molecule has 0 spiro atoms. The molecular formula is C13H18N2O2S. The van der Waals surface area contributed by atoms with Crippen LogP contribution in [-0.4, -0.2) is 13.7 Å². The fourth-order valence-electron chi connectivity index (χ4n) is 1.73. The van der Waals surface area contributed by atoms with Gasteiger partial charge in [-0.05, 0) is 24.0 Å². The average Bonchev–Trinajstić information content (AvgIpc) is 2.38. The standard InChI is InChI=1S/C13H18N2O2S/c1-3-11-7-5-6-8-12(11)10-15-18(16,17)13(4-2)9-14/h5-8,13,15H,3-4,10H2,1-2H3. The van der Waals surface area contributed by atoms with Gasteiger partial charge in [-0.3, -0.25) is 0 Å². The average molecular weight is 266 g/mol. The maximum Gasteiger partial charge on any atom is 0.228 e. The van der Waals surface area contributed by atoms with Gasteiger partial charge in [0.1, 0.15) is 0 Å². The number of nitrogens with zero attached hydrogens (tertiary/aromatic N) is 1. The van der Waals surface area contributed by atoms with Gasteiger partial charge in [-0.2, -0.15) is 5.26 Å². The lowest BCUT2D eigenvalue weighted by atomic mass is 10.1. The Morgan fingerprint density at radius 3 is 2.39 bits per heavy atom. The highest BCUT2D eigenvalue weighted by molar-refractivity contribution is 7.90. The van der Waals surface area contributed by atoms with Crippen LogP contribution < -0.4 is 4.72 Å². The molecule has 0 aromatic heterocycles. The Morgan fingerprint density at radius 2 is 1.89 bits per heavy atom.